The van der Waals surface area contributed by atoms with Crippen molar-refractivity contribution in [2.45, 2.75) is 76.2 Å². The van der Waals surface area contributed by atoms with E-state index in [2.05, 4.69) is 21.3 Å². The van der Waals surface area contributed by atoms with E-state index < -0.39 is 90.4 Å². The van der Waals surface area contributed by atoms with Crippen LogP contribution in [0.15, 0.2) is 48.5 Å². The summed E-state index contributed by atoms with van der Waals surface area (Å²) in [6, 6.07) is 4.03. The number of carboxylic acids is 2. The van der Waals surface area contributed by atoms with Gasteiger partial charge in [0, 0.05) is 12.8 Å². The van der Waals surface area contributed by atoms with Crippen LogP contribution in [0.4, 0.5) is 0 Å². The highest BCUT2D eigenvalue weighted by Crippen LogP contribution is 2.15. The summed E-state index contributed by atoms with van der Waals surface area (Å²) < 4.78 is 0. The van der Waals surface area contributed by atoms with E-state index in [-0.39, 0.29) is 24.3 Å². The number of phenolic OH excluding ortho intramolecular Hbond substituents is 2. The maximum absolute atomic E-state index is 13.8. The average molecular weight is 687 g/mol. The van der Waals surface area contributed by atoms with Gasteiger partial charge in [-0.3, -0.25) is 28.8 Å². The number of benzene rings is 2. The molecule has 17 nitrogen and oxygen atoms in total. The Hall–Kier alpha value is -5.71. The first-order valence-electron chi connectivity index (χ1n) is 15.3. The Morgan fingerprint density at radius 3 is 1.49 bits per heavy atom. The molecule has 0 saturated heterocycles. The van der Waals surface area contributed by atoms with E-state index in [0.29, 0.717) is 17.5 Å². The number of carboxylic acid groups (broad SMARTS) is 2. The second kappa shape index (κ2) is 18.6. The monoisotopic (exact) mass is 686 g/mol. The third-order valence-corrected chi connectivity index (χ3v) is 7.56. The molecule has 0 spiro atoms. The average Bonchev–Trinajstić information content (AvgIpc) is 3.03. The van der Waals surface area contributed by atoms with Crippen molar-refractivity contribution in [1.29, 1.82) is 0 Å². The molecule has 0 unspecified atom stereocenters. The molecule has 17 heteroatoms. The van der Waals surface area contributed by atoms with Crippen LogP contribution in [0.1, 0.15) is 44.2 Å². The third-order valence-electron chi connectivity index (χ3n) is 7.56. The Balaban J connectivity index is 2.43. The van der Waals surface area contributed by atoms with Gasteiger partial charge in [-0.15, -0.1) is 0 Å². The molecule has 2 aromatic carbocycles. The number of rotatable bonds is 19. The summed E-state index contributed by atoms with van der Waals surface area (Å²) in [5.74, 6) is -8.19. The highest BCUT2D eigenvalue weighted by atomic mass is 16.4. The minimum absolute atomic E-state index is 0.0629. The van der Waals surface area contributed by atoms with Crippen molar-refractivity contribution in [3.63, 3.8) is 0 Å². The van der Waals surface area contributed by atoms with Crippen LogP contribution in [-0.4, -0.2) is 92.1 Å². The van der Waals surface area contributed by atoms with E-state index in [4.69, 9.17) is 16.6 Å². The Morgan fingerprint density at radius 2 is 1.08 bits per heavy atom. The molecular formula is C32H42N6O11. The number of hydrogen-bond acceptors (Lipinski definition) is 10. The highest BCUT2D eigenvalue weighted by molar-refractivity contribution is 5.96. The topological polar surface area (TPSA) is 301 Å². The number of nitrogens with two attached hydrogens (primary N) is 2. The number of aliphatic carboxylic acids is 2. The minimum atomic E-state index is -1.67. The molecule has 49 heavy (non-hydrogen) atoms. The van der Waals surface area contributed by atoms with Crippen LogP contribution in [0.2, 0.25) is 0 Å². The fourth-order valence-electron chi connectivity index (χ4n) is 4.60. The predicted octanol–water partition coefficient (Wildman–Crippen LogP) is -1.37. The summed E-state index contributed by atoms with van der Waals surface area (Å²) in [4.78, 5) is 87.7. The number of primary amides is 1. The van der Waals surface area contributed by atoms with Gasteiger partial charge in [-0.25, -0.2) is 4.79 Å². The van der Waals surface area contributed by atoms with Crippen LogP contribution < -0.4 is 32.7 Å². The quantitative estimate of drug-likeness (QED) is 0.0819. The number of phenols is 2. The van der Waals surface area contributed by atoms with Crippen LogP contribution >= 0.6 is 0 Å². The lowest BCUT2D eigenvalue weighted by molar-refractivity contribution is -0.144. The fraction of sp³-hybridized carbons (Fsp3) is 0.406. The largest absolute Gasteiger partial charge is 0.508 e. The summed E-state index contributed by atoms with van der Waals surface area (Å²) in [6.07, 6.45) is -1.43. The number of hydrogen-bond donors (Lipinski definition) is 10. The molecular weight excluding hydrogens is 644 g/mol. The van der Waals surface area contributed by atoms with Crippen molar-refractivity contribution in [2.75, 3.05) is 0 Å². The van der Waals surface area contributed by atoms with Gasteiger partial charge in [0.2, 0.25) is 29.5 Å². The van der Waals surface area contributed by atoms with Crippen molar-refractivity contribution >= 4 is 41.5 Å². The molecule has 0 fully saturated rings. The molecule has 0 heterocycles. The van der Waals surface area contributed by atoms with Gasteiger partial charge in [-0.05, 0) is 41.3 Å². The zero-order valence-corrected chi connectivity index (χ0v) is 26.9. The summed E-state index contributed by atoms with van der Waals surface area (Å²) >= 11 is 0. The van der Waals surface area contributed by atoms with E-state index in [1.807, 2.05) is 0 Å². The van der Waals surface area contributed by atoms with Crippen LogP contribution in [0.5, 0.6) is 11.5 Å². The maximum atomic E-state index is 13.8. The van der Waals surface area contributed by atoms with Crippen molar-refractivity contribution < 1.29 is 54.0 Å². The summed E-state index contributed by atoms with van der Waals surface area (Å²) in [5.41, 5.74) is 11.8. The Labute approximate surface area is 281 Å². The second-order valence-corrected chi connectivity index (χ2v) is 11.5. The molecule has 6 atom stereocenters. The third kappa shape index (κ3) is 13.1. The van der Waals surface area contributed by atoms with E-state index in [0.717, 1.165) is 0 Å². The molecule has 12 N–H and O–H groups in total. The molecule has 0 aliphatic carbocycles. The molecule has 0 aromatic heterocycles. The van der Waals surface area contributed by atoms with E-state index in [1.54, 1.807) is 13.8 Å². The molecule has 0 radical (unpaired) electrons. The number of carbonyl (C=O) groups is 7. The molecule has 266 valence electrons. The van der Waals surface area contributed by atoms with Crippen molar-refractivity contribution in [3.05, 3.63) is 59.7 Å². The van der Waals surface area contributed by atoms with Gasteiger partial charge in [-0.1, -0.05) is 44.5 Å². The summed E-state index contributed by atoms with van der Waals surface area (Å²) in [6.45, 7) is 3.34. The molecule has 0 aliphatic rings. The first kappa shape index (κ1) is 39.5. The first-order valence-corrected chi connectivity index (χ1v) is 15.3. The molecule has 5 amide bonds. The normalized spacial score (nSPS) is 14.5. The Bertz CT molecular complexity index is 1500. The molecule has 0 saturated carbocycles. The predicted molar refractivity (Wildman–Crippen MR) is 172 cm³/mol. The van der Waals surface area contributed by atoms with Crippen molar-refractivity contribution in [2.24, 2.45) is 17.4 Å². The second-order valence-electron chi connectivity index (χ2n) is 11.5. The number of carbonyl (C=O) groups excluding carboxylic acids is 5. The van der Waals surface area contributed by atoms with Crippen LogP contribution in [0, 0.1) is 5.92 Å². The SMILES string of the molecule is CC[C@H](C)[C@H](NC(=O)[C@H](Cc1ccc(O)cc1)NC(=O)[C@H](Cc1ccc(O)cc1)NC(=O)[C@@H](N)CC(=O)O)C(=O)N[C@@H](CC(N)=O)C(=O)O. The van der Waals surface area contributed by atoms with E-state index in [1.165, 1.54) is 48.5 Å². The number of nitrogens with one attached hydrogen (secondary N) is 4. The van der Waals surface area contributed by atoms with Crippen molar-refractivity contribution in [1.82, 2.24) is 21.3 Å². The zero-order valence-electron chi connectivity index (χ0n) is 26.9. The Morgan fingerprint density at radius 1 is 0.653 bits per heavy atom. The van der Waals surface area contributed by atoms with Gasteiger partial charge in [0.25, 0.3) is 0 Å². The van der Waals surface area contributed by atoms with E-state index in [9.17, 15) is 48.9 Å². The van der Waals surface area contributed by atoms with Gasteiger partial charge >= 0.3 is 11.9 Å². The summed E-state index contributed by atoms with van der Waals surface area (Å²) in [5, 5.41) is 47.6. The molecule has 0 bridgehead atoms. The zero-order chi connectivity index (χ0) is 36.8. The smallest absolute Gasteiger partial charge is 0.326 e. The van der Waals surface area contributed by atoms with Gasteiger partial charge in [-0.2, -0.15) is 0 Å². The summed E-state index contributed by atoms with van der Waals surface area (Å²) in [7, 11) is 0. The minimum Gasteiger partial charge on any atom is -0.508 e. The number of aromatic hydroxyl groups is 2. The van der Waals surface area contributed by atoms with Gasteiger partial charge in [0.05, 0.1) is 18.9 Å². The molecule has 0 aliphatic heterocycles. The lowest BCUT2D eigenvalue weighted by Gasteiger charge is -2.28. The van der Waals surface area contributed by atoms with Crippen LogP contribution in [0.25, 0.3) is 0 Å². The standard InChI is InChI=1S/C32H42N6O11/c1-3-16(2)27(31(47)37-24(32(48)49)15-25(34)41)38-30(46)23(13-18-6-10-20(40)11-7-18)36-29(45)22(12-17-4-8-19(39)9-5-17)35-28(44)21(33)14-26(42)43/h4-11,16,21-24,27,39-40H,3,12-15,33H2,1-2H3,(H2,34,41)(H,35,44)(H,36,45)(H,37,47)(H,38,46)(H,42,43)(H,48,49)/t16-,21-,22-,23-,24-,27-/m0/s1. The van der Waals surface area contributed by atoms with Crippen LogP contribution in [-0.2, 0) is 46.4 Å². The van der Waals surface area contributed by atoms with Crippen molar-refractivity contribution in [3.8, 4) is 11.5 Å². The van der Waals surface area contributed by atoms with Gasteiger partial charge < -0.3 is 53.2 Å². The molecule has 2 aromatic rings. The van der Waals surface area contributed by atoms with E-state index >= 15 is 0 Å². The van der Waals surface area contributed by atoms with Gasteiger partial charge in [0.15, 0.2) is 0 Å². The fourth-order valence-corrected chi connectivity index (χ4v) is 4.60. The van der Waals surface area contributed by atoms with Crippen LogP contribution in [0.3, 0.4) is 0 Å². The lowest BCUT2D eigenvalue weighted by Crippen LogP contribution is -2.60. The molecule has 2 rings (SSSR count). The highest BCUT2D eigenvalue weighted by Gasteiger charge is 2.34. The number of amides is 5. The lowest BCUT2D eigenvalue weighted by atomic mass is 9.96. The Kier molecular flexibility index (Phi) is 15.0. The maximum Gasteiger partial charge on any atom is 0.326 e. The first-order chi connectivity index (χ1) is 23.0. The van der Waals surface area contributed by atoms with Gasteiger partial charge in [0.1, 0.15) is 35.7 Å².